The Morgan fingerprint density at radius 1 is 1.07 bits per heavy atom. The average molecular weight is 580 g/mol. The molecule has 2 heterocycles. The third kappa shape index (κ3) is 7.89. The monoisotopic (exact) mass is 579 g/mol. The molecule has 10 heteroatoms. The first-order valence-electron chi connectivity index (χ1n) is 13.9. The number of hydrogen-bond acceptors (Lipinski definition) is 6. The van der Waals surface area contributed by atoms with E-state index in [-0.39, 0.29) is 35.5 Å². The number of likely N-dealkylation sites (tertiary alicyclic amines) is 1. The van der Waals surface area contributed by atoms with Crippen molar-refractivity contribution in [1.29, 1.82) is 0 Å². The van der Waals surface area contributed by atoms with E-state index in [4.69, 9.17) is 11.6 Å². The fraction of sp³-hybridized carbons (Fsp3) is 0.387. The summed E-state index contributed by atoms with van der Waals surface area (Å²) in [5.41, 5.74) is 3.44. The standard InChI is InChI=1S/C31H38ClN5O4/c1-20-17-28(32)34-22(3)29(20)30(40)33-14-11-21(2)36-15-12-25(13-16-36)37(19-23-7-5-4-6-8-23)31(41)35-24-9-10-26(38)27(39)18-24/h4-10,17-18,21,25,38-39H,11-16,19H2,1-3H3,(H,33,40)(H,35,41). The van der Waals surface area contributed by atoms with Crippen molar-refractivity contribution in [1.82, 2.24) is 20.1 Å². The lowest BCUT2D eigenvalue weighted by atomic mass is 10.00. The molecule has 4 rings (SSSR count). The molecule has 1 saturated heterocycles. The topological polar surface area (TPSA) is 118 Å². The number of aromatic nitrogens is 1. The first-order chi connectivity index (χ1) is 19.6. The molecular formula is C31H38ClN5O4. The van der Waals surface area contributed by atoms with Gasteiger partial charge in [-0.05, 0) is 69.4 Å². The highest BCUT2D eigenvalue weighted by molar-refractivity contribution is 6.29. The van der Waals surface area contributed by atoms with Crippen LogP contribution in [-0.4, -0.2) is 68.7 Å². The molecule has 1 fully saturated rings. The van der Waals surface area contributed by atoms with E-state index < -0.39 is 0 Å². The number of aromatic hydroxyl groups is 2. The number of benzene rings is 2. The van der Waals surface area contributed by atoms with Crippen LogP contribution in [0.15, 0.2) is 54.6 Å². The number of rotatable bonds is 9. The highest BCUT2D eigenvalue weighted by atomic mass is 35.5. The molecule has 1 aliphatic heterocycles. The van der Waals surface area contributed by atoms with E-state index in [2.05, 4.69) is 27.4 Å². The summed E-state index contributed by atoms with van der Waals surface area (Å²) in [6, 6.07) is 15.9. The Balaban J connectivity index is 1.33. The van der Waals surface area contributed by atoms with Crippen molar-refractivity contribution in [2.24, 2.45) is 0 Å². The van der Waals surface area contributed by atoms with Gasteiger partial charge >= 0.3 is 6.03 Å². The smallest absolute Gasteiger partial charge is 0.322 e. The average Bonchev–Trinajstić information content (AvgIpc) is 2.94. The van der Waals surface area contributed by atoms with Crippen LogP contribution in [0.2, 0.25) is 5.15 Å². The molecule has 218 valence electrons. The van der Waals surface area contributed by atoms with E-state index in [0.717, 1.165) is 43.5 Å². The van der Waals surface area contributed by atoms with Gasteiger partial charge in [-0.25, -0.2) is 9.78 Å². The highest BCUT2D eigenvalue weighted by Gasteiger charge is 2.30. The molecule has 1 unspecified atom stereocenters. The second-order valence-corrected chi connectivity index (χ2v) is 11.0. The van der Waals surface area contributed by atoms with Crippen molar-refractivity contribution in [3.63, 3.8) is 0 Å². The molecule has 4 N–H and O–H groups in total. The number of halogens is 1. The van der Waals surface area contributed by atoms with Crippen LogP contribution < -0.4 is 10.6 Å². The maximum Gasteiger partial charge on any atom is 0.322 e. The van der Waals surface area contributed by atoms with Crippen molar-refractivity contribution in [2.45, 2.75) is 58.7 Å². The second-order valence-electron chi connectivity index (χ2n) is 10.6. The molecule has 1 aromatic heterocycles. The maximum atomic E-state index is 13.4. The summed E-state index contributed by atoms with van der Waals surface area (Å²) in [4.78, 5) is 34.7. The van der Waals surface area contributed by atoms with Gasteiger partial charge in [-0.15, -0.1) is 0 Å². The van der Waals surface area contributed by atoms with Crippen molar-refractivity contribution in [3.05, 3.63) is 82.1 Å². The number of carbonyl (C=O) groups is 2. The minimum Gasteiger partial charge on any atom is -0.504 e. The number of pyridine rings is 1. The lowest BCUT2D eigenvalue weighted by Crippen LogP contribution is -2.50. The Labute approximate surface area is 246 Å². The first-order valence-corrected chi connectivity index (χ1v) is 14.3. The van der Waals surface area contributed by atoms with Crippen LogP contribution in [0.5, 0.6) is 11.5 Å². The van der Waals surface area contributed by atoms with Crippen LogP contribution in [0.3, 0.4) is 0 Å². The molecule has 1 aliphatic rings. The molecule has 3 aromatic rings. The number of phenols is 2. The molecule has 0 saturated carbocycles. The number of amides is 3. The maximum absolute atomic E-state index is 13.4. The molecule has 0 bridgehead atoms. The fourth-order valence-corrected chi connectivity index (χ4v) is 5.67. The molecule has 2 aromatic carbocycles. The molecule has 41 heavy (non-hydrogen) atoms. The fourth-order valence-electron chi connectivity index (χ4n) is 5.38. The predicted octanol–water partition coefficient (Wildman–Crippen LogP) is 5.47. The molecular weight excluding hydrogens is 542 g/mol. The number of hydrogen-bond donors (Lipinski definition) is 4. The number of piperidine rings is 1. The van der Waals surface area contributed by atoms with E-state index in [1.807, 2.05) is 42.2 Å². The minimum absolute atomic E-state index is 0.0347. The predicted molar refractivity (Wildman–Crippen MR) is 161 cm³/mol. The Morgan fingerprint density at radius 2 is 1.78 bits per heavy atom. The zero-order chi connectivity index (χ0) is 29.5. The number of carbonyl (C=O) groups excluding carboxylic acids is 2. The highest BCUT2D eigenvalue weighted by Crippen LogP contribution is 2.28. The van der Waals surface area contributed by atoms with Gasteiger partial charge in [-0.1, -0.05) is 41.9 Å². The summed E-state index contributed by atoms with van der Waals surface area (Å²) in [5, 5.41) is 25.7. The number of nitrogens with one attached hydrogen (secondary N) is 2. The molecule has 0 radical (unpaired) electrons. The quantitative estimate of drug-likeness (QED) is 0.152. The third-order valence-electron chi connectivity index (χ3n) is 7.69. The van der Waals surface area contributed by atoms with Crippen molar-refractivity contribution >= 4 is 29.2 Å². The Bertz CT molecular complexity index is 1340. The van der Waals surface area contributed by atoms with Gasteiger partial charge in [0.15, 0.2) is 11.5 Å². The van der Waals surface area contributed by atoms with Crippen LogP contribution in [-0.2, 0) is 6.54 Å². The van der Waals surface area contributed by atoms with Crippen LogP contribution in [0.1, 0.15) is 53.4 Å². The number of urea groups is 1. The van der Waals surface area contributed by atoms with Crippen LogP contribution in [0.4, 0.5) is 10.5 Å². The summed E-state index contributed by atoms with van der Waals surface area (Å²) >= 11 is 6.00. The van der Waals surface area contributed by atoms with Gasteiger partial charge in [-0.2, -0.15) is 0 Å². The van der Waals surface area contributed by atoms with Gasteiger partial charge in [0, 0.05) is 50.0 Å². The summed E-state index contributed by atoms with van der Waals surface area (Å²) in [6.45, 7) is 8.48. The summed E-state index contributed by atoms with van der Waals surface area (Å²) in [6.07, 6.45) is 2.42. The lowest BCUT2D eigenvalue weighted by molar-refractivity contribution is 0.0918. The van der Waals surface area contributed by atoms with Crippen LogP contribution >= 0.6 is 11.6 Å². The van der Waals surface area contributed by atoms with Crippen LogP contribution in [0, 0.1) is 13.8 Å². The van der Waals surface area contributed by atoms with E-state index in [1.54, 1.807) is 19.1 Å². The van der Waals surface area contributed by atoms with Crippen molar-refractivity contribution < 1.29 is 19.8 Å². The largest absolute Gasteiger partial charge is 0.504 e. The van der Waals surface area contributed by atoms with Gasteiger partial charge in [0.25, 0.3) is 5.91 Å². The van der Waals surface area contributed by atoms with Crippen LogP contribution in [0.25, 0.3) is 0 Å². The molecule has 9 nitrogen and oxygen atoms in total. The number of phenolic OH excluding ortho intramolecular Hbond substituents is 2. The number of aryl methyl sites for hydroxylation is 2. The van der Waals surface area contributed by atoms with E-state index in [9.17, 15) is 19.8 Å². The van der Waals surface area contributed by atoms with Crippen molar-refractivity contribution in [3.8, 4) is 11.5 Å². The van der Waals surface area contributed by atoms with E-state index >= 15 is 0 Å². The van der Waals surface area contributed by atoms with Gasteiger partial charge < -0.3 is 30.6 Å². The molecule has 0 aliphatic carbocycles. The SMILES string of the molecule is Cc1cc(Cl)nc(C)c1C(=O)NCCC(C)N1CCC(N(Cc2ccccc2)C(=O)Nc2ccc(O)c(O)c2)CC1. The minimum atomic E-state index is -0.286. The molecule has 3 amide bonds. The molecule has 1 atom stereocenters. The second kappa shape index (κ2) is 13.7. The Kier molecular flexibility index (Phi) is 10.1. The Hall–Kier alpha value is -3.82. The van der Waals surface area contributed by atoms with Gasteiger partial charge in [0.1, 0.15) is 5.15 Å². The van der Waals surface area contributed by atoms with Gasteiger partial charge in [0.05, 0.1) is 11.3 Å². The zero-order valence-corrected chi connectivity index (χ0v) is 24.5. The van der Waals surface area contributed by atoms with E-state index in [0.29, 0.717) is 35.2 Å². The summed E-state index contributed by atoms with van der Waals surface area (Å²) in [7, 11) is 0. The number of nitrogens with zero attached hydrogens (tertiary/aromatic N) is 3. The third-order valence-corrected chi connectivity index (χ3v) is 7.88. The van der Waals surface area contributed by atoms with Crippen molar-refractivity contribution in [2.75, 3.05) is 25.0 Å². The molecule has 0 spiro atoms. The Morgan fingerprint density at radius 3 is 2.44 bits per heavy atom. The normalized spacial score (nSPS) is 14.8. The number of anilines is 1. The summed E-state index contributed by atoms with van der Waals surface area (Å²) < 4.78 is 0. The van der Waals surface area contributed by atoms with E-state index in [1.165, 1.54) is 12.1 Å². The first kappa shape index (κ1) is 30.1. The van der Waals surface area contributed by atoms with Gasteiger partial charge in [0.2, 0.25) is 0 Å². The van der Waals surface area contributed by atoms with Gasteiger partial charge in [-0.3, -0.25) is 4.79 Å². The lowest BCUT2D eigenvalue weighted by Gasteiger charge is -2.40. The zero-order valence-electron chi connectivity index (χ0n) is 23.7. The summed E-state index contributed by atoms with van der Waals surface area (Å²) in [5.74, 6) is -0.664.